The molecule has 1 amide bonds. The van der Waals surface area contributed by atoms with Gasteiger partial charge in [-0.1, -0.05) is 61.5 Å². The number of carbonyl (C=O) groups is 1. The molecule has 0 unspecified atom stereocenters. The van der Waals surface area contributed by atoms with Gasteiger partial charge in [0.15, 0.2) is 11.0 Å². The van der Waals surface area contributed by atoms with E-state index in [1.54, 1.807) is 0 Å². The van der Waals surface area contributed by atoms with Crippen molar-refractivity contribution in [2.75, 3.05) is 12.3 Å². The average molecular weight is 429 g/mol. The predicted octanol–water partition coefficient (Wildman–Crippen LogP) is 4.71. The summed E-state index contributed by atoms with van der Waals surface area (Å²) in [6, 6.07) is 16.0. The van der Waals surface area contributed by atoms with Crippen LogP contribution in [0.5, 0.6) is 0 Å². The van der Waals surface area contributed by atoms with Crippen LogP contribution in [-0.4, -0.2) is 33.0 Å². The lowest BCUT2D eigenvalue weighted by molar-refractivity contribution is -0.118. The summed E-state index contributed by atoms with van der Waals surface area (Å²) >= 11 is 7.31. The summed E-state index contributed by atoms with van der Waals surface area (Å²) in [5, 5.41) is 12.8. The molecule has 3 rings (SSSR count). The number of nitrogens with zero attached hydrogens (tertiary/aromatic N) is 3. The maximum Gasteiger partial charge on any atom is 0.230 e. The van der Waals surface area contributed by atoms with E-state index in [-0.39, 0.29) is 5.91 Å². The first-order valence-electron chi connectivity index (χ1n) is 9.57. The van der Waals surface area contributed by atoms with Crippen LogP contribution in [0.2, 0.25) is 5.02 Å². The summed E-state index contributed by atoms with van der Waals surface area (Å²) in [4.78, 5) is 12.2. The van der Waals surface area contributed by atoms with Crippen molar-refractivity contribution in [2.45, 2.75) is 31.3 Å². The lowest BCUT2D eigenvalue weighted by Crippen LogP contribution is -2.27. The number of benzene rings is 2. The lowest BCUT2D eigenvalue weighted by atomic mass is 10.0. The van der Waals surface area contributed by atoms with Crippen molar-refractivity contribution in [3.8, 4) is 11.4 Å². The first-order chi connectivity index (χ1) is 13.9. The number of carbonyl (C=O) groups excluding carboxylic acids is 1. The van der Waals surface area contributed by atoms with Crippen molar-refractivity contribution >= 4 is 29.3 Å². The molecule has 5 nitrogen and oxygen atoms in total. The normalized spacial score (nSPS) is 11.1. The molecule has 0 radical (unpaired) electrons. The molecule has 1 heterocycles. The van der Waals surface area contributed by atoms with Crippen molar-refractivity contribution in [3.05, 3.63) is 64.7 Å². The van der Waals surface area contributed by atoms with E-state index in [1.165, 1.54) is 22.9 Å². The molecule has 0 saturated carbocycles. The fraction of sp³-hybridized carbons (Fsp3) is 0.318. The van der Waals surface area contributed by atoms with Gasteiger partial charge in [-0.25, -0.2) is 0 Å². The van der Waals surface area contributed by atoms with Crippen LogP contribution in [-0.2, 0) is 18.3 Å². The topological polar surface area (TPSA) is 59.8 Å². The van der Waals surface area contributed by atoms with Crippen LogP contribution in [0.4, 0.5) is 0 Å². The second-order valence-electron chi connectivity index (χ2n) is 7.16. The minimum atomic E-state index is -0.00940. The van der Waals surface area contributed by atoms with Gasteiger partial charge in [-0.3, -0.25) is 4.79 Å². The van der Waals surface area contributed by atoms with Crippen LogP contribution in [0, 0.1) is 0 Å². The smallest absolute Gasteiger partial charge is 0.230 e. The van der Waals surface area contributed by atoms with Gasteiger partial charge < -0.3 is 9.88 Å². The highest BCUT2D eigenvalue weighted by Gasteiger charge is 2.13. The third-order valence-corrected chi connectivity index (χ3v) is 5.92. The van der Waals surface area contributed by atoms with E-state index >= 15 is 0 Å². The van der Waals surface area contributed by atoms with Gasteiger partial charge in [0.1, 0.15) is 0 Å². The number of amides is 1. The fourth-order valence-corrected chi connectivity index (χ4v) is 3.75. The van der Waals surface area contributed by atoms with Crippen molar-refractivity contribution in [1.29, 1.82) is 0 Å². The maximum atomic E-state index is 12.2. The third-order valence-electron chi connectivity index (χ3n) is 4.65. The largest absolute Gasteiger partial charge is 0.355 e. The van der Waals surface area contributed by atoms with Gasteiger partial charge in [-0.2, -0.15) is 0 Å². The second kappa shape index (κ2) is 9.94. The van der Waals surface area contributed by atoms with Crippen LogP contribution in [0.25, 0.3) is 11.4 Å². The number of hydrogen-bond donors (Lipinski definition) is 1. The molecule has 152 valence electrons. The number of nitrogens with one attached hydrogen (secondary N) is 1. The van der Waals surface area contributed by atoms with Crippen LogP contribution < -0.4 is 5.32 Å². The van der Waals surface area contributed by atoms with Gasteiger partial charge >= 0.3 is 0 Å². The zero-order chi connectivity index (χ0) is 20.8. The summed E-state index contributed by atoms with van der Waals surface area (Å²) in [7, 11) is 1.89. The molecule has 0 saturated heterocycles. The monoisotopic (exact) mass is 428 g/mol. The standard InChI is InChI=1S/C22H25ClN4OS/c1-15(2)17-6-4-16(5-7-17)12-13-24-20(28)14-29-22-26-25-21(27(22)3)18-8-10-19(23)11-9-18/h4-11,15H,12-14H2,1-3H3,(H,24,28). The molecule has 2 aromatic carbocycles. The van der Waals surface area contributed by atoms with Crippen molar-refractivity contribution < 1.29 is 4.79 Å². The number of rotatable bonds is 8. The first kappa shape index (κ1) is 21.4. The van der Waals surface area contributed by atoms with Crippen molar-refractivity contribution in [3.63, 3.8) is 0 Å². The van der Waals surface area contributed by atoms with E-state index < -0.39 is 0 Å². The Hall–Kier alpha value is -2.31. The molecule has 1 N–H and O–H groups in total. The number of thioether (sulfide) groups is 1. The average Bonchev–Trinajstić information content (AvgIpc) is 3.08. The molecule has 0 aliphatic rings. The summed E-state index contributed by atoms with van der Waals surface area (Å²) in [6.07, 6.45) is 0.819. The van der Waals surface area contributed by atoms with Gasteiger partial charge in [-0.15, -0.1) is 10.2 Å². The van der Waals surface area contributed by atoms with Gasteiger partial charge in [0.2, 0.25) is 5.91 Å². The van der Waals surface area contributed by atoms with Gasteiger partial charge in [0.05, 0.1) is 5.75 Å². The summed E-state index contributed by atoms with van der Waals surface area (Å²) < 4.78 is 1.89. The van der Waals surface area contributed by atoms with E-state index in [0.29, 0.717) is 28.4 Å². The highest BCUT2D eigenvalue weighted by atomic mass is 35.5. The van der Waals surface area contributed by atoms with E-state index in [2.05, 4.69) is 53.6 Å². The molecule has 0 aliphatic carbocycles. The summed E-state index contributed by atoms with van der Waals surface area (Å²) in [5.41, 5.74) is 3.49. The van der Waals surface area contributed by atoms with E-state index in [4.69, 9.17) is 11.6 Å². The Morgan fingerprint density at radius 2 is 1.79 bits per heavy atom. The Balaban J connectivity index is 1.46. The molecule has 0 spiro atoms. The number of hydrogen-bond acceptors (Lipinski definition) is 4. The Kier molecular flexibility index (Phi) is 7.34. The van der Waals surface area contributed by atoms with Gasteiger partial charge in [-0.05, 0) is 47.7 Å². The molecule has 3 aromatic rings. The van der Waals surface area contributed by atoms with Gasteiger partial charge in [0, 0.05) is 24.2 Å². The van der Waals surface area contributed by atoms with Crippen LogP contribution in [0.1, 0.15) is 30.9 Å². The van der Waals surface area contributed by atoms with Crippen molar-refractivity contribution in [2.24, 2.45) is 7.05 Å². The number of aromatic nitrogens is 3. The third kappa shape index (κ3) is 5.84. The molecular weight excluding hydrogens is 404 g/mol. The lowest BCUT2D eigenvalue weighted by Gasteiger charge is -2.08. The highest BCUT2D eigenvalue weighted by molar-refractivity contribution is 7.99. The molecule has 0 aliphatic heterocycles. The van der Waals surface area contributed by atoms with Crippen LogP contribution in [0.15, 0.2) is 53.7 Å². The SMILES string of the molecule is CC(C)c1ccc(CCNC(=O)CSc2nnc(-c3ccc(Cl)cc3)n2C)cc1. The second-order valence-corrected chi connectivity index (χ2v) is 8.54. The minimum absolute atomic E-state index is 0.00940. The summed E-state index contributed by atoms with van der Waals surface area (Å²) in [6.45, 7) is 4.99. The Morgan fingerprint density at radius 1 is 1.10 bits per heavy atom. The Labute approximate surface area is 180 Å². The molecule has 0 bridgehead atoms. The molecule has 7 heteroatoms. The maximum absolute atomic E-state index is 12.2. The molecular formula is C22H25ClN4OS. The first-order valence-corrected chi connectivity index (χ1v) is 10.9. The zero-order valence-corrected chi connectivity index (χ0v) is 18.4. The molecule has 29 heavy (non-hydrogen) atoms. The van der Waals surface area contributed by atoms with Crippen LogP contribution >= 0.6 is 23.4 Å². The quantitative estimate of drug-likeness (QED) is 0.528. The predicted molar refractivity (Wildman–Crippen MR) is 119 cm³/mol. The van der Waals surface area contributed by atoms with E-state index in [9.17, 15) is 4.79 Å². The zero-order valence-electron chi connectivity index (χ0n) is 16.9. The van der Waals surface area contributed by atoms with Crippen LogP contribution in [0.3, 0.4) is 0 Å². The molecule has 1 aromatic heterocycles. The molecule has 0 fully saturated rings. The summed E-state index contributed by atoms with van der Waals surface area (Å²) in [5.74, 6) is 1.57. The van der Waals surface area contributed by atoms with Crippen molar-refractivity contribution in [1.82, 2.24) is 20.1 Å². The Morgan fingerprint density at radius 3 is 2.45 bits per heavy atom. The van der Waals surface area contributed by atoms with E-state index in [1.807, 2.05) is 35.9 Å². The number of halogens is 1. The van der Waals surface area contributed by atoms with Gasteiger partial charge in [0.25, 0.3) is 0 Å². The van der Waals surface area contributed by atoms with E-state index in [0.717, 1.165) is 17.8 Å². The highest BCUT2D eigenvalue weighted by Crippen LogP contribution is 2.23. The fourth-order valence-electron chi connectivity index (χ4n) is 2.89. The Bertz CT molecular complexity index is 952. The minimum Gasteiger partial charge on any atom is -0.355 e. The molecule has 0 atom stereocenters.